The smallest absolute Gasteiger partial charge is 0.337 e. The molecule has 0 atom stereocenters. The third-order valence-electron chi connectivity index (χ3n) is 3.72. The lowest BCUT2D eigenvalue weighted by atomic mass is 10.1. The zero-order valence-corrected chi connectivity index (χ0v) is 12.8. The molecule has 0 fully saturated rings. The molecular formula is C18H17NO3. The third-order valence-corrected chi connectivity index (χ3v) is 3.72. The molecule has 112 valence electrons. The van der Waals surface area contributed by atoms with Gasteiger partial charge in [0.2, 0.25) is 0 Å². The van der Waals surface area contributed by atoms with Gasteiger partial charge in [-0.1, -0.05) is 6.07 Å². The quantitative estimate of drug-likeness (QED) is 0.781. The maximum atomic E-state index is 11.5. The number of nitrogens with zero attached hydrogens (tertiary/aromatic N) is 1. The molecule has 2 heterocycles. The number of hydrogen-bond donors (Lipinski definition) is 1. The van der Waals surface area contributed by atoms with Crippen molar-refractivity contribution in [2.45, 2.75) is 20.8 Å². The minimum atomic E-state index is -0.937. The minimum Gasteiger partial charge on any atom is -0.478 e. The number of aromatic carboxylic acids is 1. The maximum absolute atomic E-state index is 11.5. The lowest BCUT2D eigenvalue weighted by molar-refractivity contribution is 0.0696. The van der Waals surface area contributed by atoms with Crippen LogP contribution in [0.5, 0.6) is 0 Å². The molecule has 3 aromatic rings. The summed E-state index contributed by atoms with van der Waals surface area (Å²) in [5.74, 6) is -0.289. The molecule has 0 bridgehead atoms. The van der Waals surface area contributed by atoms with Crippen LogP contribution in [0.1, 0.15) is 27.2 Å². The molecule has 0 aliphatic carbocycles. The zero-order valence-electron chi connectivity index (χ0n) is 12.8. The number of aryl methyl sites for hydroxylation is 2. The number of carboxylic acids is 1. The van der Waals surface area contributed by atoms with E-state index in [0.717, 1.165) is 22.5 Å². The second-order valence-corrected chi connectivity index (χ2v) is 5.49. The van der Waals surface area contributed by atoms with Gasteiger partial charge in [-0.05, 0) is 62.2 Å². The molecule has 4 heteroatoms. The van der Waals surface area contributed by atoms with Gasteiger partial charge in [0, 0.05) is 11.4 Å². The van der Waals surface area contributed by atoms with Crippen molar-refractivity contribution < 1.29 is 14.3 Å². The molecular weight excluding hydrogens is 278 g/mol. The monoisotopic (exact) mass is 295 g/mol. The second kappa shape index (κ2) is 5.22. The van der Waals surface area contributed by atoms with Crippen LogP contribution in [0.2, 0.25) is 0 Å². The summed E-state index contributed by atoms with van der Waals surface area (Å²) in [7, 11) is 0. The average Bonchev–Trinajstić information content (AvgIpc) is 3.04. The van der Waals surface area contributed by atoms with Crippen molar-refractivity contribution in [2.75, 3.05) is 0 Å². The lowest BCUT2D eigenvalue weighted by Crippen LogP contribution is -2.03. The van der Waals surface area contributed by atoms with Gasteiger partial charge in [0.25, 0.3) is 0 Å². The second-order valence-electron chi connectivity index (χ2n) is 5.49. The molecule has 1 aromatic carbocycles. The largest absolute Gasteiger partial charge is 0.478 e. The fraction of sp³-hybridized carbons (Fsp3) is 0.167. The van der Waals surface area contributed by atoms with Gasteiger partial charge in [0.05, 0.1) is 17.5 Å². The normalized spacial score (nSPS) is 10.9. The summed E-state index contributed by atoms with van der Waals surface area (Å²) in [6, 6.07) is 11.5. The molecule has 0 unspecified atom stereocenters. The Morgan fingerprint density at radius 3 is 2.32 bits per heavy atom. The average molecular weight is 295 g/mol. The van der Waals surface area contributed by atoms with E-state index in [4.69, 9.17) is 4.42 Å². The van der Waals surface area contributed by atoms with E-state index in [2.05, 4.69) is 6.07 Å². The molecule has 1 N–H and O–H groups in total. The summed E-state index contributed by atoms with van der Waals surface area (Å²) in [6.45, 7) is 5.87. The van der Waals surface area contributed by atoms with Gasteiger partial charge in [-0.15, -0.1) is 0 Å². The Morgan fingerprint density at radius 2 is 1.77 bits per heavy atom. The van der Waals surface area contributed by atoms with E-state index >= 15 is 0 Å². The zero-order chi connectivity index (χ0) is 15.9. The van der Waals surface area contributed by atoms with Crippen LogP contribution in [-0.2, 0) is 0 Å². The predicted molar refractivity (Wildman–Crippen MR) is 84.6 cm³/mol. The highest BCUT2D eigenvalue weighted by Gasteiger charge is 2.20. The standard InChI is InChI=1S/C18H17NO3/c1-11-7-12(2)9-14(8-11)19-13(3)15(18(20)21)10-16(19)17-5-4-6-22-17/h4-10H,1-3H3,(H,20,21). The molecule has 22 heavy (non-hydrogen) atoms. The van der Waals surface area contributed by atoms with Crippen LogP contribution in [0.4, 0.5) is 0 Å². The van der Waals surface area contributed by atoms with Gasteiger partial charge in [-0.25, -0.2) is 4.79 Å². The minimum absolute atomic E-state index is 0.283. The number of benzene rings is 1. The lowest BCUT2D eigenvalue weighted by Gasteiger charge is -2.12. The number of rotatable bonds is 3. The Hall–Kier alpha value is -2.75. The van der Waals surface area contributed by atoms with Gasteiger partial charge in [-0.2, -0.15) is 0 Å². The van der Waals surface area contributed by atoms with Crippen molar-refractivity contribution in [2.24, 2.45) is 0 Å². The van der Waals surface area contributed by atoms with Gasteiger partial charge >= 0.3 is 5.97 Å². The van der Waals surface area contributed by atoms with Crippen LogP contribution in [0.3, 0.4) is 0 Å². The third kappa shape index (κ3) is 2.33. The van der Waals surface area contributed by atoms with Gasteiger partial charge in [-0.3, -0.25) is 0 Å². The summed E-state index contributed by atoms with van der Waals surface area (Å²) in [5.41, 5.74) is 4.91. The first-order valence-electron chi connectivity index (χ1n) is 7.05. The number of hydrogen-bond acceptors (Lipinski definition) is 2. The van der Waals surface area contributed by atoms with E-state index in [1.165, 1.54) is 0 Å². The van der Waals surface area contributed by atoms with E-state index in [0.29, 0.717) is 11.5 Å². The van der Waals surface area contributed by atoms with Crippen molar-refractivity contribution in [3.63, 3.8) is 0 Å². The Labute approximate surface area is 128 Å². The van der Waals surface area contributed by atoms with Crippen LogP contribution in [0.25, 0.3) is 17.1 Å². The highest BCUT2D eigenvalue weighted by Crippen LogP contribution is 2.30. The van der Waals surface area contributed by atoms with E-state index in [9.17, 15) is 9.90 Å². The first-order valence-corrected chi connectivity index (χ1v) is 7.05. The molecule has 4 nitrogen and oxygen atoms in total. The first kappa shape index (κ1) is 14.2. The Balaban J connectivity index is 2.31. The Morgan fingerprint density at radius 1 is 1.09 bits per heavy atom. The van der Waals surface area contributed by atoms with Crippen LogP contribution in [-0.4, -0.2) is 15.6 Å². The molecule has 0 amide bonds. The molecule has 0 aliphatic rings. The van der Waals surface area contributed by atoms with E-state index in [-0.39, 0.29) is 5.56 Å². The fourth-order valence-electron chi connectivity index (χ4n) is 2.84. The number of carboxylic acid groups (broad SMARTS) is 1. The molecule has 0 saturated heterocycles. The van der Waals surface area contributed by atoms with Crippen LogP contribution < -0.4 is 0 Å². The van der Waals surface area contributed by atoms with E-state index in [1.807, 2.05) is 43.5 Å². The van der Waals surface area contributed by atoms with Crippen molar-refractivity contribution in [3.8, 4) is 17.1 Å². The van der Waals surface area contributed by atoms with Crippen molar-refractivity contribution >= 4 is 5.97 Å². The van der Waals surface area contributed by atoms with Gasteiger partial charge in [0.15, 0.2) is 5.76 Å². The van der Waals surface area contributed by atoms with Crippen LogP contribution in [0, 0.1) is 20.8 Å². The SMILES string of the molecule is Cc1cc(C)cc(-n2c(-c3ccco3)cc(C(=O)O)c2C)c1. The summed E-state index contributed by atoms with van der Waals surface area (Å²) < 4.78 is 7.41. The maximum Gasteiger partial charge on any atom is 0.337 e. The summed E-state index contributed by atoms with van der Waals surface area (Å²) in [4.78, 5) is 11.5. The fourth-order valence-corrected chi connectivity index (χ4v) is 2.84. The summed E-state index contributed by atoms with van der Waals surface area (Å²) in [6.07, 6.45) is 1.59. The molecule has 3 rings (SSSR count). The highest BCUT2D eigenvalue weighted by molar-refractivity contribution is 5.91. The summed E-state index contributed by atoms with van der Waals surface area (Å²) >= 11 is 0. The molecule has 0 radical (unpaired) electrons. The van der Waals surface area contributed by atoms with Crippen molar-refractivity contribution in [1.29, 1.82) is 0 Å². The van der Waals surface area contributed by atoms with Crippen molar-refractivity contribution in [3.05, 3.63) is 65.0 Å². The van der Waals surface area contributed by atoms with E-state index < -0.39 is 5.97 Å². The Bertz CT molecular complexity index is 821. The van der Waals surface area contributed by atoms with Crippen LogP contribution >= 0.6 is 0 Å². The number of furan rings is 1. The number of carbonyl (C=O) groups is 1. The molecule has 0 spiro atoms. The predicted octanol–water partition coefficient (Wildman–Crippen LogP) is 4.36. The van der Waals surface area contributed by atoms with Crippen LogP contribution in [0.15, 0.2) is 47.1 Å². The molecule has 0 aliphatic heterocycles. The van der Waals surface area contributed by atoms with Crippen molar-refractivity contribution in [1.82, 2.24) is 4.57 Å². The first-order chi connectivity index (χ1) is 10.5. The molecule has 2 aromatic heterocycles. The summed E-state index contributed by atoms with van der Waals surface area (Å²) in [5, 5.41) is 9.41. The van der Waals surface area contributed by atoms with Gasteiger partial charge < -0.3 is 14.1 Å². The topological polar surface area (TPSA) is 55.4 Å². The highest BCUT2D eigenvalue weighted by atomic mass is 16.4. The van der Waals surface area contributed by atoms with E-state index in [1.54, 1.807) is 18.4 Å². The Kier molecular flexibility index (Phi) is 3.37. The van der Waals surface area contributed by atoms with Gasteiger partial charge in [0.1, 0.15) is 0 Å². The molecule has 0 saturated carbocycles. The number of aromatic nitrogens is 1.